The summed E-state index contributed by atoms with van der Waals surface area (Å²) < 4.78 is 5.07. The van der Waals surface area contributed by atoms with Gasteiger partial charge in [-0.05, 0) is 79.9 Å². The molecule has 1 unspecified atom stereocenters. The third kappa shape index (κ3) is 4.42. The molecule has 1 aliphatic rings. The van der Waals surface area contributed by atoms with Gasteiger partial charge in [-0.2, -0.15) is 5.10 Å². The van der Waals surface area contributed by atoms with Crippen LogP contribution in [0, 0.1) is 0 Å². The third-order valence-electron chi connectivity index (χ3n) is 5.56. The minimum Gasteiger partial charge on any atom is -0.354 e. The Bertz CT molecular complexity index is 1140. The summed E-state index contributed by atoms with van der Waals surface area (Å²) in [7, 11) is 1.47. The summed E-state index contributed by atoms with van der Waals surface area (Å²) in [5.41, 5.74) is 10.5. The van der Waals surface area contributed by atoms with Crippen LogP contribution in [-0.4, -0.2) is 48.0 Å². The second-order valence-corrected chi connectivity index (χ2v) is 10.4. The van der Waals surface area contributed by atoms with E-state index in [4.69, 9.17) is 10.8 Å². The summed E-state index contributed by atoms with van der Waals surface area (Å²) in [5.74, 6) is 4.69. The number of halogens is 1. The molecule has 0 radical (unpaired) electrons. The van der Waals surface area contributed by atoms with Gasteiger partial charge in [-0.3, -0.25) is 4.79 Å². The van der Waals surface area contributed by atoms with Gasteiger partial charge in [0.2, 0.25) is 0 Å². The van der Waals surface area contributed by atoms with Gasteiger partial charge < -0.3 is 15.4 Å². The van der Waals surface area contributed by atoms with E-state index in [9.17, 15) is 4.79 Å². The molecule has 0 saturated heterocycles. The van der Waals surface area contributed by atoms with E-state index in [0.717, 1.165) is 34.0 Å². The van der Waals surface area contributed by atoms with E-state index < -0.39 is 0 Å². The molecule has 1 fully saturated rings. The van der Waals surface area contributed by atoms with Crippen LogP contribution >= 0.6 is 26.6 Å². The Kier molecular flexibility index (Phi) is 6.50. The Balaban J connectivity index is 1.94. The van der Waals surface area contributed by atoms with Gasteiger partial charge in [0.1, 0.15) is 5.69 Å². The molecule has 0 aliphatic heterocycles. The zero-order chi connectivity index (χ0) is 22.1. The Labute approximate surface area is 194 Å². The average molecular weight is 502 g/mol. The molecule has 2 aromatic carbocycles. The number of hydrogen-bond acceptors (Lipinski definition) is 4. The third-order valence-corrected chi connectivity index (χ3v) is 7.22. The zero-order valence-electron chi connectivity index (χ0n) is 17.9. The largest absolute Gasteiger partial charge is 0.354 e. The van der Waals surface area contributed by atoms with Crippen molar-refractivity contribution < 1.29 is 4.79 Å². The Morgan fingerprint density at radius 2 is 2.06 bits per heavy atom. The number of anilines is 1. The molecule has 31 heavy (non-hydrogen) atoms. The number of aromatic nitrogens is 2. The monoisotopic (exact) mass is 501 g/mol. The molecule has 8 heteroatoms. The van der Waals surface area contributed by atoms with Crippen molar-refractivity contribution in [2.75, 3.05) is 30.7 Å². The molecular weight excluding hydrogens is 474 g/mol. The standard InChI is InChI=1S/C23H28BrN5OS/c1-26-23(30)22-19-13-18(15-5-6-15)21(28(31(2)3)12-4-11-25)14-20(19)27-29(22)17-9-7-16(24)8-10-17/h7-10,13-15H,2,4-6,11-12,25H2,1,3H3,(H,26,30). The number of rotatable bonds is 8. The van der Waals surface area contributed by atoms with Crippen molar-refractivity contribution in [1.82, 2.24) is 15.1 Å². The van der Waals surface area contributed by atoms with Gasteiger partial charge in [0, 0.05) is 23.5 Å². The van der Waals surface area contributed by atoms with Gasteiger partial charge in [-0.15, -0.1) is 10.7 Å². The summed E-state index contributed by atoms with van der Waals surface area (Å²) in [6.07, 6.45) is 5.39. The molecule has 1 aromatic heterocycles. The van der Waals surface area contributed by atoms with Crippen molar-refractivity contribution in [3.05, 3.63) is 52.1 Å². The molecule has 1 saturated carbocycles. The van der Waals surface area contributed by atoms with Crippen LogP contribution in [0.25, 0.3) is 16.6 Å². The summed E-state index contributed by atoms with van der Waals surface area (Å²) in [6, 6.07) is 12.1. The van der Waals surface area contributed by atoms with E-state index in [-0.39, 0.29) is 16.6 Å². The summed E-state index contributed by atoms with van der Waals surface area (Å²) in [6.45, 7) is 1.51. The highest BCUT2D eigenvalue weighted by Gasteiger charge is 2.30. The SMILES string of the molecule is C=S(C)N(CCCN)c1cc2nn(-c3ccc(Br)cc3)c(C(=O)NC)c2cc1C1CC1. The van der Waals surface area contributed by atoms with Crippen LogP contribution in [0.1, 0.15) is 41.2 Å². The lowest BCUT2D eigenvalue weighted by Crippen LogP contribution is -2.22. The van der Waals surface area contributed by atoms with Crippen LogP contribution in [0.5, 0.6) is 0 Å². The molecule has 0 bridgehead atoms. The maximum Gasteiger partial charge on any atom is 0.270 e. The quantitative estimate of drug-likeness (QED) is 0.447. The van der Waals surface area contributed by atoms with Crippen molar-refractivity contribution in [2.45, 2.75) is 25.2 Å². The smallest absolute Gasteiger partial charge is 0.270 e. The number of benzene rings is 2. The van der Waals surface area contributed by atoms with Crippen LogP contribution in [0.3, 0.4) is 0 Å². The topological polar surface area (TPSA) is 76.2 Å². The molecule has 1 aliphatic carbocycles. The molecule has 164 valence electrons. The molecule has 1 atom stereocenters. The number of nitrogens with two attached hydrogens (primary N) is 1. The average Bonchev–Trinajstić information content (AvgIpc) is 3.54. The van der Waals surface area contributed by atoms with E-state index in [1.165, 1.54) is 24.1 Å². The van der Waals surface area contributed by atoms with E-state index in [0.29, 0.717) is 18.2 Å². The molecule has 1 heterocycles. The molecule has 6 nitrogen and oxygen atoms in total. The minimum absolute atomic E-state index is 0.146. The fraction of sp³-hybridized carbons (Fsp3) is 0.348. The summed E-state index contributed by atoms with van der Waals surface area (Å²) >= 11 is 3.48. The van der Waals surface area contributed by atoms with Crippen molar-refractivity contribution in [3.63, 3.8) is 0 Å². The molecule has 4 rings (SSSR count). The first-order valence-corrected chi connectivity index (χ1v) is 13.0. The highest BCUT2D eigenvalue weighted by Crippen LogP contribution is 2.47. The van der Waals surface area contributed by atoms with Gasteiger partial charge in [0.15, 0.2) is 0 Å². The fourth-order valence-electron chi connectivity index (χ4n) is 3.86. The van der Waals surface area contributed by atoms with Crippen LogP contribution in [0.4, 0.5) is 5.69 Å². The highest BCUT2D eigenvalue weighted by atomic mass is 79.9. The van der Waals surface area contributed by atoms with Crippen molar-refractivity contribution in [3.8, 4) is 5.69 Å². The number of carbonyl (C=O) groups is 1. The predicted molar refractivity (Wildman–Crippen MR) is 136 cm³/mol. The number of fused-ring (bicyclic) bond motifs is 1. The normalized spacial score (nSPS) is 14.6. The van der Waals surface area contributed by atoms with Crippen LogP contribution in [0.15, 0.2) is 40.9 Å². The lowest BCUT2D eigenvalue weighted by Gasteiger charge is -2.28. The molecule has 0 spiro atoms. The van der Waals surface area contributed by atoms with E-state index in [1.807, 2.05) is 24.3 Å². The zero-order valence-corrected chi connectivity index (χ0v) is 20.3. The Morgan fingerprint density at radius 3 is 2.65 bits per heavy atom. The van der Waals surface area contributed by atoms with E-state index >= 15 is 0 Å². The van der Waals surface area contributed by atoms with Gasteiger partial charge in [-0.25, -0.2) is 4.68 Å². The van der Waals surface area contributed by atoms with Crippen molar-refractivity contribution >= 4 is 55.0 Å². The first-order chi connectivity index (χ1) is 14.9. The Morgan fingerprint density at radius 1 is 1.35 bits per heavy atom. The maximum absolute atomic E-state index is 12.9. The van der Waals surface area contributed by atoms with Gasteiger partial charge in [0.05, 0.1) is 16.9 Å². The predicted octanol–water partition coefficient (Wildman–Crippen LogP) is 4.43. The highest BCUT2D eigenvalue weighted by molar-refractivity contribution is 9.10. The van der Waals surface area contributed by atoms with E-state index in [1.54, 1.807) is 11.7 Å². The first-order valence-electron chi connectivity index (χ1n) is 10.4. The number of hydrogen-bond donors (Lipinski definition) is 2. The second-order valence-electron chi connectivity index (χ2n) is 7.86. The minimum atomic E-state index is -0.187. The van der Waals surface area contributed by atoms with Crippen LogP contribution in [0.2, 0.25) is 0 Å². The molecule has 3 aromatic rings. The number of amides is 1. The second kappa shape index (κ2) is 9.14. The first kappa shape index (κ1) is 22.0. The summed E-state index contributed by atoms with van der Waals surface area (Å²) in [5, 5.41) is 8.53. The molecule has 3 N–H and O–H groups in total. The summed E-state index contributed by atoms with van der Waals surface area (Å²) in [4.78, 5) is 12.9. The van der Waals surface area contributed by atoms with Gasteiger partial charge >= 0.3 is 0 Å². The lowest BCUT2D eigenvalue weighted by molar-refractivity contribution is 0.0957. The maximum atomic E-state index is 12.9. The number of carbonyl (C=O) groups excluding carboxylic acids is 1. The van der Waals surface area contributed by atoms with Gasteiger partial charge in [-0.1, -0.05) is 21.8 Å². The van der Waals surface area contributed by atoms with Crippen molar-refractivity contribution in [2.24, 2.45) is 5.73 Å². The Hall–Kier alpha value is -2.16. The van der Waals surface area contributed by atoms with Gasteiger partial charge in [0.25, 0.3) is 5.91 Å². The molecular formula is C23H28BrN5OS. The molecule has 1 amide bonds. The lowest BCUT2D eigenvalue weighted by atomic mass is 10.0. The fourth-order valence-corrected chi connectivity index (χ4v) is 5.06. The van der Waals surface area contributed by atoms with Crippen LogP contribution < -0.4 is 15.4 Å². The van der Waals surface area contributed by atoms with Crippen molar-refractivity contribution in [1.29, 1.82) is 0 Å². The van der Waals surface area contributed by atoms with E-state index in [2.05, 4.69) is 49.8 Å². The number of nitrogens with zero attached hydrogens (tertiary/aromatic N) is 3. The van der Waals surface area contributed by atoms with Crippen LogP contribution in [-0.2, 0) is 0 Å². The number of nitrogens with one attached hydrogen (secondary N) is 1.